The predicted octanol–water partition coefficient (Wildman–Crippen LogP) is 2.57. The third-order valence-corrected chi connectivity index (χ3v) is 2.57. The molecule has 1 aliphatic heterocycles. The zero-order valence-corrected chi connectivity index (χ0v) is 9.75. The van der Waals surface area contributed by atoms with Crippen LogP contribution in [0.1, 0.15) is 33.6 Å². The van der Waals surface area contributed by atoms with Gasteiger partial charge in [0.05, 0.1) is 0 Å². The van der Waals surface area contributed by atoms with Crippen LogP contribution in [-0.4, -0.2) is 29.7 Å². The van der Waals surface area contributed by atoms with Crippen LogP contribution in [0.2, 0.25) is 0 Å². The van der Waals surface area contributed by atoms with Gasteiger partial charge in [-0.05, 0) is 33.6 Å². The Morgan fingerprint density at radius 2 is 2.00 bits per heavy atom. The van der Waals surface area contributed by atoms with E-state index in [1.54, 1.807) is 10.5 Å². The van der Waals surface area contributed by atoms with Gasteiger partial charge in [-0.1, -0.05) is 11.6 Å². The lowest BCUT2D eigenvalue weighted by atomic mass is 10.0. The molecule has 0 N–H and O–H groups in total. The molecule has 0 atom stereocenters. The summed E-state index contributed by atoms with van der Waals surface area (Å²) in [7, 11) is 0. The molecule has 84 valence electrons. The first kappa shape index (κ1) is 10.5. The first-order valence-electron chi connectivity index (χ1n) is 5.61. The topological polar surface area (TPSA) is 29.5 Å². The van der Waals surface area contributed by atoms with E-state index < -0.39 is 0 Å². The maximum Gasteiger partial charge on any atom is 0.410 e. The Bertz CT molecular complexity index is 289. The maximum absolute atomic E-state index is 11.6. The molecule has 2 rings (SSSR count). The highest BCUT2D eigenvalue weighted by molar-refractivity contribution is 5.69. The SMILES string of the molecule is CC(C)(C)OC(=O)N1CC(C=C2CC2)C1. The number of hydrogen-bond donors (Lipinski definition) is 0. The van der Waals surface area contributed by atoms with E-state index in [0.717, 1.165) is 13.1 Å². The van der Waals surface area contributed by atoms with Gasteiger partial charge in [-0.2, -0.15) is 0 Å². The van der Waals surface area contributed by atoms with E-state index in [-0.39, 0.29) is 11.7 Å². The normalized spacial score (nSPS) is 21.0. The third-order valence-electron chi connectivity index (χ3n) is 2.57. The smallest absolute Gasteiger partial charge is 0.410 e. The van der Waals surface area contributed by atoms with Gasteiger partial charge < -0.3 is 9.64 Å². The molecular formula is C12H19NO2. The molecule has 3 nitrogen and oxygen atoms in total. The lowest BCUT2D eigenvalue weighted by Crippen LogP contribution is -2.50. The Balaban J connectivity index is 1.74. The Morgan fingerprint density at radius 1 is 1.40 bits per heavy atom. The van der Waals surface area contributed by atoms with E-state index in [2.05, 4.69) is 6.08 Å². The molecule has 1 saturated carbocycles. The molecule has 0 spiro atoms. The molecule has 2 fully saturated rings. The molecule has 1 amide bonds. The minimum atomic E-state index is -0.378. The van der Waals surface area contributed by atoms with E-state index >= 15 is 0 Å². The zero-order chi connectivity index (χ0) is 11.1. The summed E-state index contributed by atoms with van der Waals surface area (Å²) in [5, 5.41) is 0. The summed E-state index contributed by atoms with van der Waals surface area (Å²) < 4.78 is 5.28. The van der Waals surface area contributed by atoms with Crippen molar-refractivity contribution in [1.29, 1.82) is 0 Å². The molecule has 0 aromatic rings. The van der Waals surface area contributed by atoms with Gasteiger partial charge in [-0.25, -0.2) is 4.79 Å². The van der Waals surface area contributed by atoms with E-state index in [4.69, 9.17) is 4.74 Å². The Morgan fingerprint density at radius 3 is 2.47 bits per heavy atom. The molecule has 15 heavy (non-hydrogen) atoms. The van der Waals surface area contributed by atoms with Gasteiger partial charge in [0.1, 0.15) is 5.60 Å². The van der Waals surface area contributed by atoms with Gasteiger partial charge in [0.2, 0.25) is 0 Å². The van der Waals surface area contributed by atoms with Gasteiger partial charge in [-0.15, -0.1) is 0 Å². The lowest BCUT2D eigenvalue weighted by Gasteiger charge is -2.38. The number of allylic oxidation sites excluding steroid dienone is 1. The second kappa shape index (κ2) is 3.54. The first-order valence-corrected chi connectivity index (χ1v) is 5.61. The van der Waals surface area contributed by atoms with Gasteiger partial charge in [0.15, 0.2) is 0 Å². The fraction of sp³-hybridized carbons (Fsp3) is 0.750. The second-order valence-corrected chi connectivity index (χ2v) is 5.47. The number of carbonyl (C=O) groups is 1. The minimum Gasteiger partial charge on any atom is -0.444 e. The van der Waals surface area contributed by atoms with E-state index in [0.29, 0.717) is 5.92 Å². The Hall–Kier alpha value is -0.990. The summed E-state index contributed by atoms with van der Waals surface area (Å²) in [6.45, 7) is 7.36. The first-order chi connectivity index (χ1) is 6.94. The third kappa shape index (κ3) is 2.98. The largest absolute Gasteiger partial charge is 0.444 e. The van der Waals surface area contributed by atoms with Crippen LogP contribution in [0, 0.1) is 5.92 Å². The van der Waals surface area contributed by atoms with Crippen LogP contribution in [0.4, 0.5) is 4.79 Å². The lowest BCUT2D eigenvalue weighted by molar-refractivity contribution is 0.00488. The van der Waals surface area contributed by atoms with Crippen molar-refractivity contribution in [3.8, 4) is 0 Å². The highest BCUT2D eigenvalue weighted by Gasteiger charge is 2.33. The molecule has 0 radical (unpaired) electrons. The summed E-state index contributed by atoms with van der Waals surface area (Å²) in [5.41, 5.74) is 1.18. The van der Waals surface area contributed by atoms with Crippen LogP contribution in [0.15, 0.2) is 11.6 Å². The summed E-state index contributed by atoms with van der Waals surface area (Å²) in [6.07, 6.45) is 4.68. The Labute approximate surface area is 91.1 Å². The van der Waals surface area contributed by atoms with E-state index in [1.807, 2.05) is 20.8 Å². The van der Waals surface area contributed by atoms with Crippen molar-refractivity contribution in [3.05, 3.63) is 11.6 Å². The number of amides is 1. The van der Waals surface area contributed by atoms with Crippen molar-refractivity contribution in [2.75, 3.05) is 13.1 Å². The van der Waals surface area contributed by atoms with Crippen molar-refractivity contribution in [2.24, 2.45) is 5.92 Å². The summed E-state index contributed by atoms with van der Waals surface area (Å²) in [5.74, 6) is 0.579. The fourth-order valence-corrected chi connectivity index (χ4v) is 1.67. The van der Waals surface area contributed by atoms with Crippen LogP contribution in [0.3, 0.4) is 0 Å². The quantitative estimate of drug-likeness (QED) is 0.621. The molecule has 1 saturated heterocycles. The second-order valence-electron chi connectivity index (χ2n) is 5.47. The molecule has 3 heteroatoms. The minimum absolute atomic E-state index is 0.173. The number of hydrogen-bond acceptors (Lipinski definition) is 2. The van der Waals surface area contributed by atoms with Gasteiger partial charge in [0, 0.05) is 19.0 Å². The van der Waals surface area contributed by atoms with Crippen molar-refractivity contribution in [2.45, 2.75) is 39.2 Å². The molecule has 2 aliphatic rings. The highest BCUT2D eigenvalue weighted by Crippen LogP contribution is 2.31. The van der Waals surface area contributed by atoms with E-state index in [1.165, 1.54) is 12.8 Å². The molecular weight excluding hydrogens is 190 g/mol. The van der Waals surface area contributed by atoms with Crippen molar-refractivity contribution < 1.29 is 9.53 Å². The van der Waals surface area contributed by atoms with Crippen LogP contribution < -0.4 is 0 Å². The molecule has 1 heterocycles. The molecule has 1 aliphatic carbocycles. The van der Waals surface area contributed by atoms with Crippen LogP contribution in [0.5, 0.6) is 0 Å². The van der Waals surface area contributed by atoms with Crippen molar-refractivity contribution in [3.63, 3.8) is 0 Å². The number of nitrogens with zero attached hydrogens (tertiary/aromatic N) is 1. The van der Waals surface area contributed by atoms with Gasteiger partial charge in [-0.3, -0.25) is 0 Å². The van der Waals surface area contributed by atoms with Crippen LogP contribution in [0.25, 0.3) is 0 Å². The number of carbonyl (C=O) groups excluding carboxylic acids is 1. The number of likely N-dealkylation sites (tertiary alicyclic amines) is 1. The number of ether oxygens (including phenoxy) is 1. The maximum atomic E-state index is 11.6. The average molecular weight is 209 g/mol. The van der Waals surface area contributed by atoms with Crippen molar-refractivity contribution in [1.82, 2.24) is 4.90 Å². The molecule has 0 aromatic heterocycles. The number of rotatable bonds is 1. The highest BCUT2D eigenvalue weighted by atomic mass is 16.6. The van der Waals surface area contributed by atoms with Gasteiger partial charge in [0.25, 0.3) is 0 Å². The Kier molecular flexibility index (Phi) is 2.49. The van der Waals surface area contributed by atoms with E-state index in [9.17, 15) is 4.79 Å². The predicted molar refractivity (Wildman–Crippen MR) is 58.6 cm³/mol. The molecule has 0 bridgehead atoms. The average Bonchev–Trinajstić information content (AvgIpc) is 2.74. The summed E-state index contributed by atoms with van der Waals surface area (Å²) in [6, 6.07) is 0. The summed E-state index contributed by atoms with van der Waals surface area (Å²) >= 11 is 0. The molecule has 0 aromatic carbocycles. The molecule has 0 unspecified atom stereocenters. The van der Waals surface area contributed by atoms with Gasteiger partial charge >= 0.3 is 6.09 Å². The van der Waals surface area contributed by atoms with Crippen LogP contribution in [-0.2, 0) is 4.74 Å². The monoisotopic (exact) mass is 209 g/mol. The standard InChI is InChI=1S/C12H19NO2/c1-12(2,3)15-11(14)13-7-10(8-13)6-9-4-5-9/h6,10H,4-5,7-8H2,1-3H3. The summed E-state index contributed by atoms with van der Waals surface area (Å²) in [4.78, 5) is 13.3. The van der Waals surface area contributed by atoms with Crippen molar-refractivity contribution >= 4 is 6.09 Å². The fourth-order valence-electron chi connectivity index (χ4n) is 1.67. The van der Waals surface area contributed by atoms with Crippen LogP contribution >= 0.6 is 0 Å². The zero-order valence-electron chi connectivity index (χ0n) is 9.75.